The van der Waals surface area contributed by atoms with Gasteiger partial charge in [-0.05, 0) is 60.2 Å². The van der Waals surface area contributed by atoms with Crippen LogP contribution in [-0.4, -0.2) is 23.9 Å². The fourth-order valence-corrected chi connectivity index (χ4v) is 4.43. The van der Waals surface area contributed by atoms with Crippen LogP contribution in [0, 0.1) is 13.8 Å². The summed E-state index contributed by atoms with van der Waals surface area (Å²) in [6, 6.07) is 15.6. The molecule has 2 aromatic carbocycles. The number of aryl methyl sites for hydroxylation is 1. The molecule has 3 aromatic rings. The Hall–Kier alpha value is -3.38. The van der Waals surface area contributed by atoms with Crippen molar-refractivity contribution in [2.24, 2.45) is 0 Å². The summed E-state index contributed by atoms with van der Waals surface area (Å²) in [6.45, 7) is 3.89. The van der Waals surface area contributed by atoms with Crippen molar-refractivity contribution in [1.82, 2.24) is 0 Å². The molecule has 0 saturated heterocycles. The highest BCUT2D eigenvalue weighted by atomic mass is 32.1. The molecule has 0 radical (unpaired) electrons. The number of methoxy groups -OCH3 is 1. The van der Waals surface area contributed by atoms with Gasteiger partial charge in [0, 0.05) is 5.69 Å². The molecule has 1 unspecified atom stereocenters. The molecule has 0 fully saturated rings. The molecule has 2 heterocycles. The lowest BCUT2D eigenvalue weighted by Gasteiger charge is -2.29. The Bertz CT molecular complexity index is 1160. The van der Waals surface area contributed by atoms with Gasteiger partial charge in [-0.1, -0.05) is 30.3 Å². The molecule has 0 aliphatic carbocycles. The van der Waals surface area contributed by atoms with E-state index in [0.29, 0.717) is 21.9 Å². The lowest BCUT2D eigenvalue weighted by molar-refractivity contribution is -0.117. The lowest BCUT2D eigenvalue weighted by atomic mass is 9.94. The maximum atomic E-state index is 13.3. The molecule has 1 aliphatic heterocycles. The number of carbonyl (C=O) groups excluding carboxylic acids is 2. The third-order valence-electron chi connectivity index (χ3n) is 5.44. The number of hydrogen-bond donors (Lipinski definition) is 1. The Kier molecular flexibility index (Phi) is 5.18. The summed E-state index contributed by atoms with van der Waals surface area (Å²) in [7, 11) is 1.56. The second kappa shape index (κ2) is 7.80. The minimum Gasteiger partial charge on any atom is -0.503 e. The van der Waals surface area contributed by atoms with Crippen molar-refractivity contribution in [1.29, 1.82) is 0 Å². The maximum absolute atomic E-state index is 13.3. The number of aliphatic hydroxyl groups is 1. The zero-order valence-electron chi connectivity index (χ0n) is 16.9. The molecule has 0 bridgehead atoms. The van der Waals surface area contributed by atoms with Crippen LogP contribution in [0.15, 0.2) is 71.3 Å². The highest BCUT2D eigenvalue weighted by Crippen LogP contribution is 2.44. The fraction of sp³-hybridized carbons (Fsp3) is 0.167. The van der Waals surface area contributed by atoms with E-state index in [4.69, 9.17) is 4.74 Å². The summed E-state index contributed by atoms with van der Waals surface area (Å²) in [5, 5.41) is 12.6. The van der Waals surface area contributed by atoms with Gasteiger partial charge in [-0.25, -0.2) is 0 Å². The Morgan fingerprint density at radius 3 is 2.57 bits per heavy atom. The third-order valence-corrected chi connectivity index (χ3v) is 6.31. The molecule has 4 rings (SSSR count). The molecule has 30 heavy (non-hydrogen) atoms. The smallest absolute Gasteiger partial charge is 0.294 e. The maximum Gasteiger partial charge on any atom is 0.294 e. The van der Waals surface area contributed by atoms with Crippen LogP contribution in [0.2, 0.25) is 0 Å². The van der Waals surface area contributed by atoms with E-state index in [-0.39, 0.29) is 11.4 Å². The van der Waals surface area contributed by atoms with Crippen molar-refractivity contribution >= 4 is 28.7 Å². The molecule has 1 N–H and O–H groups in total. The van der Waals surface area contributed by atoms with E-state index < -0.39 is 17.7 Å². The topological polar surface area (TPSA) is 66.8 Å². The standard InChI is InChI=1S/C24H21NO4S/c1-14-7-4-10-18(15(14)2)25-21(16-8-5-9-17(13-16)29-3)20(23(27)24(25)28)22(26)19-11-6-12-30-19/h4-13,21,27H,1-3H3. The first-order chi connectivity index (χ1) is 14.4. The van der Waals surface area contributed by atoms with Crippen LogP contribution in [0.25, 0.3) is 0 Å². The fourth-order valence-electron chi connectivity index (χ4n) is 3.75. The first-order valence-electron chi connectivity index (χ1n) is 9.49. The normalized spacial score (nSPS) is 16.3. The number of Topliss-reactive ketones (excluding diaryl/α,β-unsaturated/α-hetero) is 1. The molecule has 0 spiro atoms. The van der Waals surface area contributed by atoms with Crippen molar-refractivity contribution in [3.05, 3.63) is 92.9 Å². The van der Waals surface area contributed by atoms with Crippen LogP contribution in [0.4, 0.5) is 5.69 Å². The second-order valence-electron chi connectivity index (χ2n) is 7.14. The molecule has 5 nitrogen and oxygen atoms in total. The molecule has 1 aliphatic rings. The molecule has 152 valence electrons. The monoisotopic (exact) mass is 419 g/mol. The van der Waals surface area contributed by atoms with Crippen molar-refractivity contribution < 1.29 is 19.4 Å². The van der Waals surface area contributed by atoms with Crippen LogP contribution in [-0.2, 0) is 4.79 Å². The summed E-state index contributed by atoms with van der Waals surface area (Å²) < 4.78 is 5.35. The largest absolute Gasteiger partial charge is 0.503 e. The van der Waals surface area contributed by atoms with Gasteiger partial charge >= 0.3 is 0 Å². The van der Waals surface area contributed by atoms with Crippen LogP contribution in [0.5, 0.6) is 5.75 Å². The quantitative estimate of drug-likeness (QED) is 0.581. The Morgan fingerprint density at radius 2 is 1.87 bits per heavy atom. The number of anilines is 1. The predicted molar refractivity (Wildman–Crippen MR) is 117 cm³/mol. The van der Waals surface area contributed by atoms with Crippen molar-refractivity contribution in [3.8, 4) is 5.75 Å². The van der Waals surface area contributed by atoms with Gasteiger partial charge in [0.1, 0.15) is 5.75 Å². The van der Waals surface area contributed by atoms with E-state index in [1.54, 1.807) is 36.8 Å². The zero-order chi connectivity index (χ0) is 21.4. The Labute approximate surface area is 178 Å². The first-order valence-corrected chi connectivity index (χ1v) is 10.4. The summed E-state index contributed by atoms with van der Waals surface area (Å²) >= 11 is 1.28. The number of rotatable bonds is 5. The number of amides is 1. The summed E-state index contributed by atoms with van der Waals surface area (Å²) in [5.74, 6) is -0.842. The van der Waals surface area contributed by atoms with Gasteiger partial charge in [-0.15, -0.1) is 11.3 Å². The molecule has 6 heteroatoms. The average molecular weight is 420 g/mol. The number of benzene rings is 2. The number of ketones is 1. The highest BCUT2D eigenvalue weighted by Gasteiger charge is 2.45. The number of hydrogen-bond acceptors (Lipinski definition) is 5. The number of carbonyl (C=O) groups is 2. The third kappa shape index (κ3) is 3.19. The van der Waals surface area contributed by atoms with Crippen molar-refractivity contribution in [3.63, 3.8) is 0 Å². The number of nitrogens with zero attached hydrogens (tertiary/aromatic N) is 1. The zero-order valence-corrected chi connectivity index (χ0v) is 17.7. The molecule has 0 saturated carbocycles. The van der Waals surface area contributed by atoms with Gasteiger partial charge in [-0.2, -0.15) is 0 Å². The predicted octanol–water partition coefficient (Wildman–Crippen LogP) is 5.16. The van der Waals surface area contributed by atoms with E-state index in [1.165, 1.54) is 16.2 Å². The molecule has 1 atom stereocenters. The van der Waals surface area contributed by atoms with Crippen LogP contribution < -0.4 is 9.64 Å². The molecular weight excluding hydrogens is 398 g/mol. The minimum absolute atomic E-state index is 0.0802. The van der Waals surface area contributed by atoms with Crippen molar-refractivity contribution in [2.75, 3.05) is 12.0 Å². The minimum atomic E-state index is -0.761. The molecular formula is C24H21NO4S. The van der Waals surface area contributed by atoms with E-state index >= 15 is 0 Å². The Balaban J connectivity index is 1.93. The first kappa shape index (κ1) is 19.9. The number of thiophene rings is 1. The molecule has 1 aromatic heterocycles. The summed E-state index contributed by atoms with van der Waals surface area (Å²) in [4.78, 5) is 28.5. The van der Waals surface area contributed by atoms with Gasteiger partial charge in [0.2, 0.25) is 5.78 Å². The van der Waals surface area contributed by atoms with Crippen LogP contribution in [0.1, 0.15) is 32.4 Å². The molecule has 1 amide bonds. The number of aliphatic hydroxyl groups excluding tert-OH is 1. The van der Waals surface area contributed by atoms with E-state index in [2.05, 4.69) is 0 Å². The van der Waals surface area contributed by atoms with Crippen LogP contribution in [0.3, 0.4) is 0 Å². The van der Waals surface area contributed by atoms with Gasteiger partial charge in [0.15, 0.2) is 5.76 Å². The average Bonchev–Trinajstić information content (AvgIpc) is 3.38. The van der Waals surface area contributed by atoms with E-state index in [1.807, 2.05) is 44.2 Å². The number of ether oxygens (including phenoxy) is 1. The Morgan fingerprint density at radius 1 is 1.10 bits per heavy atom. The van der Waals surface area contributed by atoms with E-state index in [9.17, 15) is 14.7 Å². The SMILES string of the molecule is COc1cccc(C2C(C(=O)c3cccs3)=C(O)C(=O)N2c2cccc(C)c2C)c1. The summed E-state index contributed by atoms with van der Waals surface area (Å²) in [6.07, 6.45) is 0. The van der Waals surface area contributed by atoms with Gasteiger partial charge in [0.05, 0.1) is 23.6 Å². The van der Waals surface area contributed by atoms with Crippen LogP contribution >= 0.6 is 11.3 Å². The van der Waals surface area contributed by atoms with E-state index in [0.717, 1.165) is 11.1 Å². The summed E-state index contributed by atoms with van der Waals surface area (Å²) in [5.41, 5.74) is 3.36. The van der Waals surface area contributed by atoms with Crippen molar-refractivity contribution in [2.45, 2.75) is 19.9 Å². The van der Waals surface area contributed by atoms with Gasteiger partial charge < -0.3 is 9.84 Å². The highest BCUT2D eigenvalue weighted by molar-refractivity contribution is 7.12. The van der Waals surface area contributed by atoms with Gasteiger partial charge in [0.25, 0.3) is 5.91 Å². The lowest BCUT2D eigenvalue weighted by Crippen LogP contribution is -2.31. The van der Waals surface area contributed by atoms with Gasteiger partial charge in [-0.3, -0.25) is 14.5 Å². The second-order valence-corrected chi connectivity index (χ2v) is 8.09.